The summed E-state index contributed by atoms with van der Waals surface area (Å²) in [5.41, 5.74) is 3.29. The van der Waals surface area contributed by atoms with E-state index in [1.807, 2.05) is 48.7 Å². The van der Waals surface area contributed by atoms with Crippen molar-refractivity contribution in [1.29, 1.82) is 5.26 Å². The van der Waals surface area contributed by atoms with E-state index in [1.165, 1.54) is 22.7 Å². The molecule has 43 heavy (non-hydrogen) atoms. The van der Waals surface area contributed by atoms with Gasteiger partial charge in [-0.2, -0.15) is 5.26 Å². The molecule has 0 saturated carbocycles. The zero-order valence-electron chi connectivity index (χ0n) is 23.1. The lowest BCUT2D eigenvalue weighted by molar-refractivity contribution is -0.116. The maximum Gasteiger partial charge on any atom is 0.230 e. The smallest absolute Gasteiger partial charge is 0.230 e. The largest absolute Gasteiger partial charge is 0.301 e. The van der Waals surface area contributed by atoms with Gasteiger partial charge in [-0.1, -0.05) is 70.4 Å². The topological polar surface area (TPSA) is 164 Å². The maximum absolute atomic E-state index is 12.4. The Hall–Kier alpha value is -4.87. The molecule has 0 aliphatic heterocycles. The van der Waals surface area contributed by atoms with Crippen molar-refractivity contribution < 1.29 is 9.59 Å². The highest BCUT2D eigenvalue weighted by molar-refractivity contribution is 7.15. The molecule has 3 heterocycles. The van der Waals surface area contributed by atoms with Crippen LogP contribution in [-0.2, 0) is 41.8 Å². The molecule has 5 aromatic rings. The normalized spacial score (nSPS) is 10.8. The number of aryl methyl sites for hydroxylation is 3. The van der Waals surface area contributed by atoms with Crippen molar-refractivity contribution in [1.82, 2.24) is 35.4 Å². The fourth-order valence-corrected chi connectivity index (χ4v) is 5.73. The summed E-state index contributed by atoms with van der Waals surface area (Å²) in [7, 11) is 0. The van der Waals surface area contributed by atoms with Crippen LogP contribution in [-0.4, -0.2) is 47.2 Å². The van der Waals surface area contributed by atoms with Crippen molar-refractivity contribution in [2.75, 3.05) is 10.6 Å². The number of hydrogen-bond acceptors (Lipinski definition) is 11. The number of carbonyl (C=O) groups is 2. The third-order valence-electron chi connectivity index (χ3n) is 6.29. The van der Waals surface area contributed by atoms with Crippen molar-refractivity contribution in [3.63, 3.8) is 0 Å². The molecule has 218 valence electrons. The Morgan fingerprint density at radius 1 is 0.767 bits per heavy atom. The van der Waals surface area contributed by atoms with Crippen molar-refractivity contribution in [3.05, 3.63) is 93.2 Å². The van der Waals surface area contributed by atoms with Gasteiger partial charge in [0.1, 0.15) is 10.0 Å². The SMILES string of the molecule is N#Cc1ccc(Cn2cc(CCC(=O)Nc3nnc(CCCCc4nnc(NC(=O)Cc5ccccc5)s4)s3)nn2)cc1. The van der Waals surface area contributed by atoms with Gasteiger partial charge in [-0.15, -0.1) is 25.5 Å². The number of anilines is 2. The highest BCUT2D eigenvalue weighted by Gasteiger charge is 2.12. The first kappa shape index (κ1) is 29.6. The molecule has 0 unspecified atom stereocenters. The Labute approximate surface area is 255 Å². The van der Waals surface area contributed by atoms with E-state index < -0.39 is 0 Å². The van der Waals surface area contributed by atoms with Gasteiger partial charge in [0.05, 0.1) is 30.3 Å². The van der Waals surface area contributed by atoms with E-state index in [9.17, 15) is 9.59 Å². The number of unbranched alkanes of at least 4 members (excludes halogenated alkanes) is 1. The second kappa shape index (κ2) is 14.9. The summed E-state index contributed by atoms with van der Waals surface area (Å²) >= 11 is 2.76. The van der Waals surface area contributed by atoms with Gasteiger partial charge in [-0.05, 0) is 36.1 Å². The summed E-state index contributed by atoms with van der Waals surface area (Å²) in [6, 6.07) is 19.0. The Balaban J connectivity index is 0.974. The summed E-state index contributed by atoms with van der Waals surface area (Å²) in [6.07, 6.45) is 6.10. The maximum atomic E-state index is 12.4. The van der Waals surface area contributed by atoms with Crippen molar-refractivity contribution >= 4 is 44.8 Å². The number of nitrogens with zero attached hydrogens (tertiary/aromatic N) is 8. The quantitative estimate of drug-likeness (QED) is 0.175. The second-order valence-electron chi connectivity index (χ2n) is 9.68. The van der Waals surface area contributed by atoms with Crippen LogP contribution in [0.3, 0.4) is 0 Å². The number of carbonyl (C=O) groups excluding carboxylic acids is 2. The fourth-order valence-electron chi connectivity index (χ4n) is 4.13. The monoisotopic (exact) mass is 612 g/mol. The first-order chi connectivity index (χ1) is 21.0. The number of benzene rings is 2. The average Bonchev–Trinajstić information content (AvgIpc) is 3.77. The molecule has 12 nitrogen and oxygen atoms in total. The molecule has 0 saturated heterocycles. The number of rotatable bonds is 14. The molecule has 0 spiro atoms. The molecule has 0 aliphatic rings. The Morgan fingerprint density at radius 2 is 1.42 bits per heavy atom. The fraction of sp³-hybridized carbons (Fsp3) is 0.276. The Bertz CT molecular complexity index is 1690. The molecule has 0 fully saturated rings. The van der Waals surface area contributed by atoms with Crippen LogP contribution >= 0.6 is 22.7 Å². The molecular formula is C29H28N10O2S2. The van der Waals surface area contributed by atoms with Gasteiger partial charge in [0, 0.05) is 31.9 Å². The molecule has 0 atom stereocenters. The summed E-state index contributed by atoms with van der Waals surface area (Å²) in [6.45, 7) is 0.535. The van der Waals surface area contributed by atoms with E-state index >= 15 is 0 Å². The van der Waals surface area contributed by atoms with Crippen LogP contribution in [0.4, 0.5) is 10.3 Å². The first-order valence-corrected chi connectivity index (χ1v) is 15.3. The molecule has 5 rings (SSSR count). The van der Waals surface area contributed by atoms with Crippen LogP contribution in [0, 0.1) is 11.3 Å². The zero-order chi connectivity index (χ0) is 29.9. The molecule has 0 aliphatic carbocycles. The van der Waals surface area contributed by atoms with Gasteiger partial charge in [-0.25, -0.2) is 4.68 Å². The highest BCUT2D eigenvalue weighted by atomic mass is 32.1. The van der Waals surface area contributed by atoms with E-state index in [0.717, 1.165) is 52.5 Å². The molecule has 14 heteroatoms. The van der Waals surface area contributed by atoms with Crippen LogP contribution in [0.15, 0.2) is 60.8 Å². The predicted octanol–water partition coefficient (Wildman–Crippen LogP) is 4.22. The van der Waals surface area contributed by atoms with Crippen LogP contribution in [0.2, 0.25) is 0 Å². The lowest BCUT2D eigenvalue weighted by atomic mass is 10.1. The van der Waals surface area contributed by atoms with Crippen molar-refractivity contribution in [3.8, 4) is 6.07 Å². The minimum absolute atomic E-state index is 0.114. The Morgan fingerprint density at radius 3 is 2.07 bits per heavy atom. The third kappa shape index (κ3) is 9.32. The predicted molar refractivity (Wildman–Crippen MR) is 162 cm³/mol. The number of hydrogen-bond donors (Lipinski definition) is 2. The summed E-state index contributed by atoms with van der Waals surface area (Å²) < 4.78 is 1.71. The minimum Gasteiger partial charge on any atom is -0.301 e. The zero-order valence-corrected chi connectivity index (χ0v) is 24.8. The van der Waals surface area contributed by atoms with Gasteiger partial charge in [0.2, 0.25) is 22.1 Å². The van der Waals surface area contributed by atoms with E-state index in [4.69, 9.17) is 5.26 Å². The van der Waals surface area contributed by atoms with E-state index in [-0.39, 0.29) is 18.2 Å². The van der Waals surface area contributed by atoms with Gasteiger partial charge in [0.25, 0.3) is 0 Å². The minimum atomic E-state index is -0.160. The van der Waals surface area contributed by atoms with E-state index in [0.29, 0.717) is 35.2 Å². The van der Waals surface area contributed by atoms with Crippen LogP contribution < -0.4 is 10.6 Å². The van der Waals surface area contributed by atoms with Crippen LogP contribution in [0.25, 0.3) is 0 Å². The van der Waals surface area contributed by atoms with Crippen molar-refractivity contribution in [2.24, 2.45) is 0 Å². The lowest BCUT2D eigenvalue weighted by Gasteiger charge is -2.01. The van der Waals surface area contributed by atoms with Crippen molar-refractivity contribution in [2.45, 2.75) is 51.5 Å². The highest BCUT2D eigenvalue weighted by Crippen LogP contribution is 2.20. The van der Waals surface area contributed by atoms with Gasteiger partial charge < -0.3 is 10.6 Å². The average molecular weight is 613 g/mol. The number of aromatic nitrogens is 7. The van der Waals surface area contributed by atoms with Crippen LogP contribution in [0.1, 0.15) is 51.7 Å². The second-order valence-corrected chi connectivity index (χ2v) is 11.8. The summed E-state index contributed by atoms with van der Waals surface area (Å²) in [5, 5.41) is 42.1. The number of nitriles is 1. The molecule has 0 radical (unpaired) electrons. The lowest BCUT2D eigenvalue weighted by Crippen LogP contribution is -2.14. The van der Waals surface area contributed by atoms with Crippen LogP contribution in [0.5, 0.6) is 0 Å². The van der Waals surface area contributed by atoms with E-state index in [1.54, 1.807) is 16.8 Å². The van der Waals surface area contributed by atoms with Gasteiger partial charge in [0.15, 0.2) is 0 Å². The molecule has 2 N–H and O–H groups in total. The molecular weight excluding hydrogens is 585 g/mol. The Kier molecular flexibility index (Phi) is 10.2. The molecule has 2 amide bonds. The molecule has 3 aromatic heterocycles. The third-order valence-corrected chi connectivity index (χ3v) is 8.08. The van der Waals surface area contributed by atoms with E-state index in [2.05, 4.69) is 47.4 Å². The standard InChI is InChI=1S/C29H28N10O2S2/c30-17-21-10-12-22(13-11-21)18-39-19-23(33-38-39)14-15-24(40)31-28-36-34-26(42-28)8-4-5-9-27-35-37-29(43-27)32-25(41)16-20-6-2-1-3-7-20/h1-3,6-7,10-13,19H,4-5,8-9,14-16,18H2,(H,31,36,40)(H,32,37,41). The summed E-state index contributed by atoms with van der Waals surface area (Å²) in [4.78, 5) is 24.7. The number of nitrogens with one attached hydrogen (secondary N) is 2. The molecule has 2 aromatic carbocycles. The molecule has 0 bridgehead atoms. The summed E-state index contributed by atoms with van der Waals surface area (Å²) in [5.74, 6) is -0.274. The first-order valence-electron chi connectivity index (χ1n) is 13.7. The number of amides is 2. The van der Waals surface area contributed by atoms with Gasteiger partial charge >= 0.3 is 0 Å². The van der Waals surface area contributed by atoms with Gasteiger partial charge in [-0.3, -0.25) is 9.59 Å².